The molecule has 0 spiro atoms. The summed E-state index contributed by atoms with van der Waals surface area (Å²) in [4.78, 5) is 0.701. The van der Waals surface area contributed by atoms with E-state index in [1.54, 1.807) is 6.07 Å². The number of aromatic nitrogens is 1. The summed E-state index contributed by atoms with van der Waals surface area (Å²) in [5.41, 5.74) is -0.303. The van der Waals surface area contributed by atoms with E-state index in [9.17, 15) is 10.2 Å². The van der Waals surface area contributed by atoms with Gasteiger partial charge in [0.25, 0.3) is 0 Å². The lowest BCUT2D eigenvalue weighted by molar-refractivity contribution is 0.281. The molecule has 0 saturated heterocycles. The average Bonchev–Trinajstić information content (AvgIpc) is 2.24. The summed E-state index contributed by atoms with van der Waals surface area (Å²) >= 11 is 1.42. The summed E-state index contributed by atoms with van der Waals surface area (Å²) in [6, 6.07) is 1.57. The lowest BCUT2D eigenvalue weighted by Crippen LogP contribution is -2.20. The zero-order valence-electron chi connectivity index (χ0n) is 8.33. The molecule has 0 unspecified atom stereocenters. The van der Waals surface area contributed by atoms with E-state index < -0.39 is 0 Å². The normalized spacial score (nSPS) is 12.0. The van der Waals surface area contributed by atoms with Gasteiger partial charge in [-0.25, -0.2) is 0 Å². The highest BCUT2D eigenvalue weighted by atomic mass is 32.2. The van der Waals surface area contributed by atoms with Crippen molar-refractivity contribution in [3.8, 4) is 11.8 Å². The van der Waals surface area contributed by atoms with Crippen molar-refractivity contribution in [2.75, 3.05) is 6.26 Å². The number of thioether (sulfide) groups is 1. The van der Waals surface area contributed by atoms with Crippen LogP contribution in [0.1, 0.15) is 20.8 Å². The minimum absolute atomic E-state index is 0.106. The van der Waals surface area contributed by atoms with Crippen molar-refractivity contribution in [2.45, 2.75) is 31.2 Å². The van der Waals surface area contributed by atoms with Crippen LogP contribution in [-0.4, -0.2) is 21.0 Å². The van der Waals surface area contributed by atoms with E-state index in [4.69, 9.17) is 0 Å². The van der Waals surface area contributed by atoms with E-state index in [-0.39, 0.29) is 17.3 Å². The Hall–Kier alpha value is -0.770. The Kier molecular flexibility index (Phi) is 2.52. The minimum Gasteiger partial charge on any atom is -0.494 e. The van der Waals surface area contributed by atoms with Crippen molar-refractivity contribution in [2.24, 2.45) is 0 Å². The molecule has 0 fully saturated rings. The SMILES string of the molecule is CSc1cc(O)n(C(C)(C)C)c1O. The van der Waals surface area contributed by atoms with Crippen LogP contribution in [0.3, 0.4) is 0 Å². The quantitative estimate of drug-likeness (QED) is 0.686. The Morgan fingerprint density at radius 3 is 2.08 bits per heavy atom. The largest absolute Gasteiger partial charge is 0.494 e. The van der Waals surface area contributed by atoms with Crippen molar-refractivity contribution in [1.29, 1.82) is 0 Å². The third-order valence-corrected chi connectivity index (χ3v) is 2.55. The van der Waals surface area contributed by atoms with Crippen molar-refractivity contribution in [3.63, 3.8) is 0 Å². The van der Waals surface area contributed by atoms with Crippen LogP contribution in [0.5, 0.6) is 11.8 Å². The Labute approximate surface area is 82.4 Å². The lowest BCUT2D eigenvalue weighted by atomic mass is 10.1. The predicted molar refractivity (Wildman–Crippen MR) is 54.5 cm³/mol. The van der Waals surface area contributed by atoms with Gasteiger partial charge >= 0.3 is 0 Å². The highest BCUT2D eigenvalue weighted by Crippen LogP contribution is 2.38. The summed E-state index contributed by atoms with van der Waals surface area (Å²) in [6.07, 6.45) is 1.86. The van der Waals surface area contributed by atoms with Crippen LogP contribution in [-0.2, 0) is 5.54 Å². The molecule has 0 saturated carbocycles. The highest BCUT2D eigenvalue weighted by Gasteiger charge is 2.22. The smallest absolute Gasteiger partial charge is 0.208 e. The summed E-state index contributed by atoms with van der Waals surface area (Å²) < 4.78 is 1.51. The van der Waals surface area contributed by atoms with Gasteiger partial charge in [0.1, 0.15) is 0 Å². The monoisotopic (exact) mass is 201 g/mol. The van der Waals surface area contributed by atoms with Crippen LogP contribution in [0.15, 0.2) is 11.0 Å². The fraction of sp³-hybridized carbons (Fsp3) is 0.556. The van der Waals surface area contributed by atoms with Crippen LogP contribution in [0.25, 0.3) is 0 Å². The van der Waals surface area contributed by atoms with Gasteiger partial charge in [-0.2, -0.15) is 0 Å². The zero-order valence-corrected chi connectivity index (χ0v) is 9.14. The first-order chi connectivity index (χ1) is 5.88. The molecule has 3 nitrogen and oxygen atoms in total. The molecular formula is C9H15NO2S. The molecule has 4 heteroatoms. The molecule has 0 aliphatic carbocycles. The molecule has 0 amide bonds. The zero-order chi connectivity index (χ0) is 10.2. The number of hydrogen-bond acceptors (Lipinski definition) is 3. The van der Waals surface area contributed by atoms with E-state index in [1.807, 2.05) is 27.0 Å². The molecule has 13 heavy (non-hydrogen) atoms. The molecule has 0 atom stereocenters. The number of nitrogens with zero attached hydrogens (tertiary/aromatic N) is 1. The van der Waals surface area contributed by atoms with Gasteiger partial charge < -0.3 is 10.2 Å². The first-order valence-corrected chi connectivity index (χ1v) is 5.28. The molecule has 74 valence electrons. The average molecular weight is 201 g/mol. The van der Waals surface area contributed by atoms with Crippen LogP contribution in [0, 0.1) is 0 Å². The van der Waals surface area contributed by atoms with Gasteiger partial charge in [0.2, 0.25) is 5.88 Å². The molecule has 1 aromatic heterocycles. The van der Waals surface area contributed by atoms with Crippen LogP contribution in [0.4, 0.5) is 0 Å². The molecule has 0 aliphatic rings. The number of hydrogen-bond donors (Lipinski definition) is 2. The summed E-state index contributed by atoms with van der Waals surface area (Å²) in [7, 11) is 0. The third kappa shape index (κ3) is 1.77. The summed E-state index contributed by atoms with van der Waals surface area (Å²) in [5, 5.41) is 19.3. The van der Waals surface area contributed by atoms with E-state index >= 15 is 0 Å². The molecular weight excluding hydrogens is 186 g/mol. The fourth-order valence-corrected chi connectivity index (χ4v) is 1.77. The molecule has 0 bridgehead atoms. The topological polar surface area (TPSA) is 45.4 Å². The standard InChI is InChI=1S/C9H15NO2S/c1-9(2,3)10-7(11)5-6(13-4)8(10)12/h5,11-12H,1-4H3. The van der Waals surface area contributed by atoms with Gasteiger partial charge in [0, 0.05) is 11.6 Å². The van der Waals surface area contributed by atoms with Crippen LogP contribution >= 0.6 is 11.8 Å². The molecule has 1 heterocycles. The second kappa shape index (κ2) is 3.18. The lowest BCUT2D eigenvalue weighted by Gasteiger charge is -2.22. The minimum atomic E-state index is -0.303. The van der Waals surface area contributed by atoms with Gasteiger partial charge in [0.05, 0.1) is 4.90 Å². The van der Waals surface area contributed by atoms with Gasteiger partial charge in [-0.3, -0.25) is 4.57 Å². The second-order valence-electron chi connectivity index (χ2n) is 3.90. The Morgan fingerprint density at radius 2 is 1.85 bits per heavy atom. The van der Waals surface area contributed by atoms with E-state index in [1.165, 1.54) is 16.3 Å². The Morgan fingerprint density at radius 1 is 1.31 bits per heavy atom. The van der Waals surface area contributed by atoms with E-state index in [2.05, 4.69) is 0 Å². The first kappa shape index (κ1) is 10.3. The summed E-state index contributed by atoms with van der Waals surface area (Å²) in [5.74, 6) is 0.242. The first-order valence-electron chi connectivity index (χ1n) is 4.06. The predicted octanol–water partition coefficient (Wildman–Crippen LogP) is 2.38. The van der Waals surface area contributed by atoms with Crippen molar-refractivity contribution >= 4 is 11.8 Å². The van der Waals surface area contributed by atoms with E-state index in [0.717, 1.165) is 0 Å². The van der Waals surface area contributed by atoms with Crippen molar-refractivity contribution in [3.05, 3.63) is 6.07 Å². The Bertz CT molecular complexity index is 312. The fourth-order valence-electron chi connectivity index (χ4n) is 1.28. The van der Waals surface area contributed by atoms with Gasteiger partial charge in [0.15, 0.2) is 5.88 Å². The van der Waals surface area contributed by atoms with Crippen molar-refractivity contribution in [1.82, 2.24) is 4.57 Å². The Balaban J connectivity index is 3.29. The maximum atomic E-state index is 9.73. The summed E-state index contributed by atoms with van der Waals surface area (Å²) in [6.45, 7) is 5.78. The van der Waals surface area contributed by atoms with Gasteiger partial charge in [-0.1, -0.05) is 0 Å². The molecule has 1 aromatic rings. The maximum absolute atomic E-state index is 9.73. The molecule has 0 aromatic carbocycles. The number of aromatic hydroxyl groups is 2. The highest BCUT2D eigenvalue weighted by molar-refractivity contribution is 7.98. The third-order valence-electron chi connectivity index (χ3n) is 1.81. The molecule has 0 radical (unpaired) electrons. The van der Waals surface area contributed by atoms with E-state index in [0.29, 0.717) is 4.90 Å². The molecule has 2 N–H and O–H groups in total. The van der Waals surface area contributed by atoms with Crippen LogP contribution < -0.4 is 0 Å². The second-order valence-corrected chi connectivity index (χ2v) is 4.75. The molecule has 0 aliphatic heterocycles. The molecule has 1 rings (SSSR count). The number of rotatable bonds is 1. The van der Waals surface area contributed by atoms with Gasteiger partial charge in [-0.05, 0) is 27.0 Å². The van der Waals surface area contributed by atoms with Gasteiger partial charge in [-0.15, -0.1) is 11.8 Å². The van der Waals surface area contributed by atoms with Crippen molar-refractivity contribution < 1.29 is 10.2 Å². The maximum Gasteiger partial charge on any atom is 0.208 e. The van der Waals surface area contributed by atoms with Crippen LogP contribution in [0.2, 0.25) is 0 Å².